The van der Waals surface area contributed by atoms with Crippen LogP contribution in [0.5, 0.6) is 0 Å². The van der Waals surface area contributed by atoms with Crippen molar-refractivity contribution in [2.75, 3.05) is 0 Å². The average molecular weight is 280 g/mol. The summed E-state index contributed by atoms with van der Waals surface area (Å²) < 4.78 is 1.71. The molecule has 0 saturated heterocycles. The first-order valence-corrected chi connectivity index (χ1v) is 6.73. The van der Waals surface area contributed by atoms with E-state index in [1.165, 1.54) is 6.33 Å². The molecule has 0 bridgehead atoms. The van der Waals surface area contributed by atoms with Gasteiger partial charge in [-0.1, -0.05) is 38.0 Å². The molecule has 21 heavy (non-hydrogen) atoms. The second-order valence-electron chi connectivity index (χ2n) is 4.01. The summed E-state index contributed by atoms with van der Waals surface area (Å²) in [7, 11) is 1.79. The number of hydrogen-bond donors (Lipinski definition) is 1. The van der Waals surface area contributed by atoms with Crippen molar-refractivity contribution < 1.29 is 0 Å². The van der Waals surface area contributed by atoms with Crippen LogP contribution in [-0.4, -0.2) is 19.5 Å². The Bertz CT molecular complexity index is 851. The van der Waals surface area contributed by atoms with E-state index in [1.54, 1.807) is 11.6 Å². The summed E-state index contributed by atoms with van der Waals surface area (Å²) in [5.74, 6) is 6.48. The van der Waals surface area contributed by atoms with E-state index < -0.39 is 0 Å². The van der Waals surface area contributed by atoms with Crippen molar-refractivity contribution >= 4 is 11.2 Å². The summed E-state index contributed by atoms with van der Waals surface area (Å²) in [6.45, 7) is 4.00. The van der Waals surface area contributed by atoms with Gasteiger partial charge in [-0.3, -0.25) is 4.79 Å². The number of rotatable bonds is 0. The molecule has 106 valence electrons. The van der Waals surface area contributed by atoms with E-state index in [2.05, 4.69) is 26.8 Å². The van der Waals surface area contributed by atoms with Crippen LogP contribution in [0.4, 0.5) is 0 Å². The third-order valence-corrected chi connectivity index (χ3v) is 2.75. The van der Waals surface area contributed by atoms with Gasteiger partial charge >= 0.3 is 0 Å². The largest absolute Gasteiger partial charge is 0.311 e. The summed E-state index contributed by atoms with van der Waals surface area (Å²) in [6.07, 6.45) is 1.36. The molecule has 5 heteroatoms. The molecule has 0 aliphatic carbocycles. The topological polar surface area (TPSA) is 63.6 Å². The van der Waals surface area contributed by atoms with Gasteiger partial charge < -0.3 is 9.55 Å². The Morgan fingerprint density at radius 2 is 1.86 bits per heavy atom. The zero-order valence-corrected chi connectivity index (χ0v) is 12.2. The molecule has 0 spiro atoms. The zero-order valence-electron chi connectivity index (χ0n) is 12.2. The van der Waals surface area contributed by atoms with Gasteiger partial charge in [0.25, 0.3) is 5.56 Å². The highest BCUT2D eigenvalue weighted by Crippen LogP contribution is 2.06. The van der Waals surface area contributed by atoms with Gasteiger partial charge in [-0.2, -0.15) is 0 Å². The predicted octanol–water partition coefficient (Wildman–Crippen LogP) is 2.08. The molecule has 0 unspecified atom stereocenters. The molecule has 1 aromatic carbocycles. The number of nitrogens with one attached hydrogen (secondary N) is 1. The number of aryl methyl sites for hydroxylation is 1. The summed E-state index contributed by atoms with van der Waals surface area (Å²) in [5, 5.41) is 0. The van der Waals surface area contributed by atoms with Crippen LogP contribution in [-0.2, 0) is 7.05 Å². The van der Waals surface area contributed by atoms with Gasteiger partial charge in [0.2, 0.25) is 0 Å². The quantitative estimate of drug-likeness (QED) is 0.641. The number of nitrogens with zero attached hydrogens (tertiary/aromatic N) is 3. The smallest absolute Gasteiger partial charge is 0.278 e. The third-order valence-electron chi connectivity index (χ3n) is 2.75. The number of H-pyrrole nitrogens is 1. The van der Waals surface area contributed by atoms with Crippen LogP contribution in [0.2, 0.25) is 0 Å². The van der Waals surface area contributed by atoms with Crippen LogP contribution in [0.15, 0.2) is 41.5 Å². The summed E-state index contributed by atoms with van der Waals surface area (Å²) in [5.41, 5.74) is 1.48. The Balaban J connectivity index is 0.000000774. The van der Waals surface area contributed by atoms with Gasteiger partial charge in [-0.25, -0.2) is 9.97 Å². The van der Waals surface area contributed by atoms with Crippen LogP contribution < -0.4 is 5.56 Å². The molecule has 0 aliphatic heterocycles. The molecular formula is C16H16N4O. The summed E-state index contributed by atoms with van der Waals surface area (Å²) in [6, 6.07) is 9.61. The highest BCUT2D eigenvalue weighted by molar-refractivity contribution is 5.70. The van der Waals surface area contributed by atoms with Crippen molar-refractivity contribution in [3.8, 4) is 11.8 Å². The molecule has 3 aromatic rings. The molecule has 2 heterocycles. The first-order chi connectivity index (χ1) is 10.3. The lowest BCUT2D eigenvalue weighted by molar-refractivity contribution is 0.908. The third kappa shape index (κ3) is 3.00. The molecule has 0 saturated carbocycles. The molecule has 0 atom stereocenters. The maximum absolute atomic E-state index is 11.6. The first-order valence-electron chi connectivity index (χ1n) is 6.73. The van der Waals surface area contributed by atoms with Crippen LogP contribution in [0.25, 0.3) is 11.2 Å². The van der Waals surface area contributed by atoms with Gasteiger partial charge in [0.05, 0.1) is 6.33 Å². The van der Waals surface area contributed by atoms with Crippen molar-refractivity contribution in [1.29, 1.82) is 0 Å². The van der Waals surface area contributed by atoms with E-state index in [0.29, 0.717) is 17.0 Å². The SMILES string of the molecule is CC.Cn1c(C#Cc2ccccc2)nc2c(=O)[nH]cnc21. The minimum absolute atomic E-state index is 0.256. The molecule has 0 aliphatic rings. The Hall–Kier alpha value is -2.87. The maximum atomic E-state index is 11.6. The minimum atomic E-state index is -0.256. The maximum Gasteiger partial charge on any atom is 0.278 e. The molecule has 2 aromatic heterocycles. The minimum Gasteiger partial charge on any atom is -0.311 e. The van der Waals surface area contributed by atoms with E-state index in [0.717, 1.165) is 5.56 Å². The van der Waals surface area contributed by atoms with E-state index in [9.17, 15) is 4.79 Å². The normalized spacial score (nSPS) is 9.48. The van der Waals surface area contributed by atoms with Gasteiger partial charge in [-0.15, -0.1) is 0 Å². The Kier molecular flexibility index (Phi) is 4.52. The van der Waals surface area contributed by atoms with Crippen LogP contribution in [0.1, 0.15) is 25.2 Å². The van der Waals surface area contributed by atoms with Gasteiger partial charge in [0, 0.05) is 12.6 Å². The van der Waals surface area contributed by atoms with E-state index in [4.69, 9.17) is 0 Å². The predicted molar refractivity (Wildman–Crippen MR) is 82.9 cm³/mol. The molecule has 0 fully saturated rings. The Labute approximate surface area is 122 Å². The second-order valence-corrected chi connectivity index (χ2v) is 4.01. The van der Waals surface area contributed by atoms with Crippen molar-refractivity contribution in [3.63, 3.8) is 0 Å². The van der Waals surface area contributed by atoms with Crippen LogP contribution in [0.3, 0.4) is 0 Å². The Morgan fingerprint density at radius 1 is 1.14 bits per heavy atom. The Morgan fingerprint density at radius 3 is 2.52 bits per heavy atom. The van der Waals surface area contributed by atoms with E-state index in [1.807, 2.05) is 44.2 Å². The molecule has 0 amide bonds. The van der Waals surface area contributed by atoms with E-state index in [-0.39, 0.29) is 5.56 Å². The molecule has 1 N–H and O–H groups in total. The number of imidazole rings is 1. The second kappa shape index (κ2) is 6.53. The lowest BCUT2D eigenvalue weighted by Gasteiger charge is -1.93. The highest BCUT2D eigenvalue weighted by atomic mass is 16.1. The standard InChI is InChI=1S/C14H10N4O.C2H6/c1-18-11(8-7-10-5-3-2-4-6-10)17-12-13(18)15-9-16-14(12)19;1-2/h2-6,9H,1H3,(H,15,16,19);1-2H3. The van der Waals surface area contributed by atoms with Gasteiger partial charge in [-0.05, 0) is 18.1 Å². The van der Waals surface area contributed by atoms with Crippen molar-refractivity contribution in [2.45, 2.75) is 13.8 Å². The molecule has 0 radical (unpaired) electrons. The number of aromatic nitrogens is 4. The highest BCUT2D eigenvalue weighted by Gasteiger charge is 2.09. The number of fused-ring (bicyclic) bond motifs is 1. The fraction of sp³-hybridized carbons (Fsp3) is 0.188. The molecular weight excluding hydrogens is 264 g/mol. The van der Waals surface area contributed by atoms with Gasteiger partial charge in [0.15, 0.2) is 17.0 Å². The lowest BCUT2D eigenvalue weighted by atomic mass is 10.2. The van der Waals surface area contributed by atoms with Crippen LogP contribution >= 0.6 is 0 Å². The first kappa shape index (κ1) is 14.5. The number of hydrogen-bond acceptors (Lipinski definition) is 3. The summed E-state index contributed by atoms with van der Waals surface area (Å²) in [4.78, 5) is 22.4. The molecule has 5 nitrogen and oxygen atoms in total. The fourth-order valence-corrected chi connectivity index (χ4v) is 1.77. The van der Waals surface area contributed by atoms with E-state index >= 15 is 0 Å². The zero-order chi connectivity index (χ0) is 15.2. The fourth-order valence-electron chi connectivity index (χ4n) is 1.77. The van der Waals surface area contributed by atoms with Crippen molar-refractivity contribution in [2.24, 2.45) is 7.05 Å². The average Bonchev–Trinajstić information content (AvgIpc) is 2.87. The summed E-state index contributed by atoms with van der Waals surface area (Å²) >= 11 is 0. The monoisotopic (exact) mass is 280 g/mol. The van der Waals surface area contributed by atoms with Crippen LogP contribution in [0, 0.1) is 11.8 Å². The lowest BCUT2D eigenvalue weighted by Crippen LogP contribution is -2.06. The van der Waals surface area contributed by atoms with Crippen molar-refractivity contribution in [1.82, 2.24) is 19.5 Å². The number of aromatic amines is 1. The number of benzene rings is 1. The molecule has 3 rings (SSSR count). The van der Waals surface area contributed by atoms with Gasteiger partial charge in [0.1, 0.15) is 0 Å². The van der Waals surface area contributed by atoms with Crippen molar-refractivity contribution in [3.05, 3.63) is 58.4 Å².